The average molecular weight is 190 g/mol. The summed E-state index contributed by atoms with van der Waals surface area (Å²) < 4.78 is 15.6. The molecule has 0 aromatic rings. The van der Waals surface area contributed by atoms with Gasteiger partial charge >= 0.3 is 9.28 Å². The van der Waals surface area contributed by atoms with Crippen LogP contribution in [0.2, 0.25) is 6.04 Å². The predicted octanol–water partition coefficient (Wildman–Crippen LogP) is 1.44. The van der Waals surface area contributed by atoms with Crippen molar-refractivity contribution in [1.29, 1.82) is 0 Å². The molecule has 0 saturated heterocycles. The van der Waals surface area contributed by atoms with E-state index in [1.807, 2.05) is 0 Å². The molecule has 4 heteroatoms. The monoisotopic (exact) mass is 190 g/mol. The molecular weight excluding hydrogens is 172 g/mol. The second-order valence-corrected chi connectivity index (χ2v) is 4.74. The van der Waals surface area contributed by atoms with Crippen molar-refractivity contribution in [3.63, 3.8) is 0 Å². The maximum Gasteiger partial charge on any atom is 0.324 e. The van der Waals surface area contributed by atoms with E-state index < -0.39 is 9.28 Å². The summed E-state index contributed by atoms with van der Waals surface area (Å²) in [5, 5.41) is 0. The predicted molar refractivity (Wildman–Crippen MR) is 51.3 cm³/mol. The van der Waals surface area contributed by atoms with E-state index in [9.17, 15) is 0 Å². The maximum absolute atomic E-state index is 5.26. The number of rotatable bonds is 7. The van der Waals surface area contributed by atoms with Crippen LogP contribution in [0, 0.1) is 0 Å². The minimum Gasteiger partial charge on any atom is -0.499 e. The Balaban J connectivity index is 3.73. The zero-order valence-corrected chi connectivity index (χ0v) is 9.23. The van der Waals surface area contributed by atoms with Gasteiger partial charge in [-0.15, -0.1) is 0 Å². The Kier molecular flexibility index (Phi) is 7.14. The highest BCUT2D eigenvalue weighted by atomic mass is 28.3. The lowest BCUT2D eigenvalue weighted by Crippen LogP contribution is -2.25. The van der Waals surface area contributed by atoms with E-state index in [4.69, 9.17) is 13.6 Å². The second kappa shape index (κ2) is 7.33. The van der Waals surface area contributed by atoms with Gasteiger partial charge in [0.2, 0.25) is 0 Å². The average Bonchev–Trinajstić information content (AvgIpc) is 2.12. The fourth-order valence-corrected chi connectivity index (χ4v) is 2.41. The smallest absolute Gasteiger partial charge is 0.324 e. The van der Waals surface area contributed by atoms with Crippen LogP contribution in [0.1, 0.15) is 13.3 Å². The summed E-state index contributed by atoms with van der Waals surface area (Å²) in [6.45, 7) is 5.59. The Bertz CT molecular complexity index is 115. The van der Waals surface area contributed by atoms with Crippen LogP contribution in [-0.4, -0.2) is 29.6 Å². The molecule has 1 unspecified atom stereocenters. The van der Waals surface area contributed by atoms with Crippen LogP contribution in [0.5, 0.6) is 0 Å². The fourth-order valence-electron chi connectivity index (χ4n) is 0.958. The highest BCUT2D eigenvalue weighted by molar-refractivity contribution is 6.44. The molecule has 0 N–H and O–H groups in total. The van der Waals surface area contributed by atoms with Gasteiger partial charge in [-0.3, -0.25) is 0 Å². The molecular formula is C8H18O3Si. The molecule has 0 amide bonds. The van der Waals surface area contributed by atoms with Crippen LogP contribution in [0.25, 0.3) is 0 Å². The SMILES string of the molecule is C=COC(CC)C[SiH](OC)OC. The van der Waals surface area contributed by atoms with E-state index in [2.05, 4.69) is 13.5 Å². The van der Waals surface area contributed by atoms with Crippen LogP contribution in [0.3, 0.4) is 0 Å². The number of hydrogen-bond donors (Lipinski definition) is 0. The van der Waals surface area contributed by atoms with Crippen molar-refractivity contribution in [3.05, 3.63) is 12.8 Å². The Morgan fingerprint density at radius 3 is 2.33 bits per heavy atom. The first-order chi connectivity index (χ1) is 5.78. The van der Waals surface area contributed by atoms with Crippen LogP contribution >= 0.6 is 0 Å². The number of hydrogen-bond acceptors (Lipinski definition) is 3. The number of ether oxygens (including phenoxy) is 1. The van der Waals surface area contributed by atoms with E-state index in [0.29, 0.717) is 0 Å². The molecule has 0 radical (unpaired) electrons. The molecule has 1 atom stereocenters. The molecule has 0 aliphatic heterocycles. The molecule has 0 aromatic carbocycles. The molecule has 0 heterocycles. The molecule has 0 saturated carbocycles. The van der Waals surface area contributed by atoms with Crippen molar-refractivity contribution in [2.75, 3.05) is 14.2 Å². The quantitative estimate of drug-likeness (QED) is 0.449. The third-order valence-electron chi connectivity index (χ3n) is 1.73. The minimum absolute atomic E-state index is 0.194. The van der Waals surface area contributed by atoms with E-state index in [0.717, 1.165) is 12.5 Å². The lowest BCUT2D eigenvalue weighted by Gasteiger charge is -2.18. The molecule has 0 aliphatic carbocycles. The fraction of sp³-hybridized carbons (Fsp3) is 0.750. The lowest BCUT2D eigenvalue weighted by molar-refractivity contribution is 0.144. The Hall–Kier alpha value is -0.323. The van der Waals surface area contributed by atoms with E-state index >= 15 is 0 Å². The molecule has 12 heavy (non-hydrogen) atoms. The van der Waals surface area contributed by atoms with Crippen molar-refractivity contribution in [3.8, 4) is 0 Å². The summed E-state index contributed by atoms with van der Waals surface area (Å²) in [5.74, 6) is 0. The van der Waals surface area contributed by atoms with Gasteiger partial charge in [-0.1, -0.05) is 13.5 Å². The molecule has 0 rings (SSSR count). The van der Waals surface area contributed by atoms with Gasteiger partial charge in [-0.05, 0) is 6.42 Å². The summed E-state index contributed by atoms with van der Waals surface area (Å²) in [5.41, 5.74) is 0. The Morgan fingerprint density at radius 1 is 1.42 bits per heavy atom. The van der Waals surface area contributed by atoms with Gasteiger partial charge in [-0.2, -0.15) is 0 Å². The zero-order chi connectivity index (χ0) is 9.40. The normalized spacial score (nSPS) is 13.0. The molecule has 0 aromatic heterocycles. The van der Waals surface area contributed by atoms with Crippen molar-refractivity contribution in [2.45, 2.75) is 25.5 Å². The van der Waals surface area contributed by atoms with Crippen LogP contribution < -0.4 is 0 Å². The van der Waals surface area contributed by atoms with Crippen molar-refractivity contribution < 1.29 is 13.6 Å². The molecule has 72 valence electrons. The topological polar surface area (TPSA) is 27.7 Å². The first-order valence-corrected chi connectivity index (χ1v) is 5.86. The maximum atomic E-state index is 5.26. The molecule has 0 bridgehead atoms. The van der Waals surface area contributed by atoms with Gasteiger partial charge < -0.3 is 13.6 Å². The summed E-state index contributed by atoms with van der Waals surface area (Å²) in [7, 11) is 1.89. The standard InChI is InChI=1S/C8H18O3Si/c1-5-8(11-6-2)7-12(9-3)10-4/h6,8,12H,2,5,7H2,1,3-4H3. The van der Waals surface area contributed by atoms with E-state index in [1.165, 1.54) is 6.26 Å². The van der Waals surface area contributed by atoms with E-state index in [1.54, 1.807) is 14.2 Å². The molecule has 0 spiro atoms. The van der Waals surface area contributed by atoms with Crippen molar-refractivity contribution in [2.24, 2.45) is 0 Å². The first kappa shape index (κ1) is 11.7. The van der Waals surface area contributed by atoms with Crippen molar-refractivity contribution in [1.82, 2.24) is 0 Å². The molecule has 0 aliphatic rings. The zero-order valence-electron chi connectivity index (χ0n) is 8.08. The Labute approximate surface area is 76.2 Å². The highest BCUT2D eigenvalue weighted by Crippen LogP contribution is 2.08. The second-order valence-electron chi connectivity index (χ2n) is 2.47. The molecule has 3 nitrogen and oxygen atoms in total. The highest BCUT2D eigenvalue weighted by Gasteiger charge is 2.16. The van der Waals surface area contributed by atoms with Gasteiger partial charge in [-0.25, -0.2) is 0 Å². The van der Waals surface area contributed by atoms with Gasteiger partial charge in [0.05, 0.1) is 12.4 Å². The van der Waals surface area contributed by atoms with E-state index in [-0.39, 0.29) is 6.10 Å². The minimum atomic E-state index is -1.47. The van der Waals surface area contributed by atoms with Crippen molar-refractivity contribution >= 4 is 9.28 Å². The summed E-state index contributed by atoms with van der Waals surface area (Å²) in [6, 6.07) is 0.871. The van der Waals surface area contributed by atoms with Gasteiger partial charge in [0.1, 0.15) is 0 Å². The lowest BCUT2D eigenvalue weighted by atomic mass is 10.3. The first-order valence-electron chi connectivity index (χ1n) is 4.10. The largest absolute Gasteiger partial charge is 0.499 e. The van der Waals surface area contributed by atoms with Crippen LogP contribution in [-0.2, 0) is 13.6 Å². The Morgan fingerprint density at radius 2 is 2.00 bits per heavy atom. The molecule has 0 fully saturated rings. The van der Waals surface area contributed by atoms with Crippen LogP contribution in [0.4, 0.5) is 0 Å². The van der Waals surface area contributed by atoms with Crippen LogP contribution in [0.15, 0.2) is 12.8 Å². The summed E-state index contributed by atoms with van der Waals surface area (Å²) in [6.07, 6.45) is 2.63. The summed E-state index contributed by atoms with van der Waals surface area (Å²) in [4.78, 5) is 0. The van der Waals surface area contributed by atoms with Gasteiger partial charge in [0.25, 0.3) is 0 Å². The third kappa shape index (κ3) is 4.53. The summed E-state index contributed by atoms with van der Waals surface area (Å²) >= 11 is 0. The van der Waals surface area contributed by atoms with Gasteiger partial charge in [0, 0.05) is 20.3 Å². The third-order valence-corrected chi connectivity index (χ3v) is 3.69. The van der Waals surface area contributed by atoms with Gasteiger partial charge in [0.15, 0.2) is 0 Å².